The third-order valence-corrected chi connectivity index (χ3v) is 2.96. The molecule has 1 aromatic rings. The van der Waals surface area contributed by atoms with Crippen LogP contribution in [0.4, 0.5) is 5.69 Å². The van der Waals surface area contributed by atoms with Crippen LogP contribution in [0.15, 0.2) is 24.3 Å². The third-order valence-electron chi connectivity index (χ3n) is 2.96. The average molecular weight is 297 g/mol. The zero-order chi connectivity index (χ0) is 15.3. The summed E-state index contributed by atoms with van der Waals surface area (Å²) in [6.45, 7) is 4.70. The van der Waals surface area contributed by atoms with Crippen molar-refractivity contribution in [3.8, 4) is 5.75 Å². The number of nitrogens with one attached hydrogen (secondary N) is 1. The van der Waals surface area contributed by atoms with Crippen LogP contribution >= 0.6 is 0 Å². The molecule has 0 radical (unpaired) electrons. The lowest BCUT2D eigenvalue weighted by Gasteiger charge is -2.15. The molecule has 0 saturated heterocycles. The van der Waals surface area contributed by atoms with Gasteiger partial charge < -0.3 is 24.6 Å². The van der Waals surface area contributed by atoms with E-state index in [0.717, 1.165) is 30.9 Å². The molecule has 0 fully saturated rings. The molecule has 5 heteroatoms. The van der Waals surface area contributed by atoms with E-state index >= 15 is 0 Å². The lowest BCUT2D eigenvalue weighted by atomic mass is 10.2. The summed E-state index contributed by atoms with van der Waals surface area (Å²) in [7, 11) is 1.62. The van der Waals surface area contributed by atoms with Crippen molar-refractivity contribution in [2.75, 3.05) is 45.4 Å². The topological polar surface area (TPSA) is 60.0 Å². The van der Waals surface area contributed by atoms with E-state index < -0.39 is 6.10 Å². The van der Waals surface area contributed by atoms with Crippen LogP contribution in [0.25, 0.3) is 0 Å². The van der Waals surface area contributed by atoms with Gasteiger partial charge in [0.05, 0.1) is 38.7 Å². The van der Waals surface area contributed by atoms with Gasteiger partial charge in [-0.2, -0.15) is 0 Å². The summed E-state index contributed by atoms with van der Waals surface area (Å²) in [5.41, 5.74) is 0.863. The maximum Gasteiger partial charge on any atom is 0.141 e. The summed E-state index contributed by atoms with van der Waals surface area (Å²) in [5.74, 6) is 0.759. The van der Waals surface area contributed by atoms with Crippen molar-refractivity contribution < 1.29 is 19.3 Å². The Labute approximate surface area is 127 Å². The van der Waals surface area contributed by atoms with E-state index in [1.165, 1.54) is 0 Å². The van der Waals surface area contributed by atoms with Crippen molar-refractivity contribution >= 4 is 5.69 Å². The van der Waals surface area contributed by atoms with Crippen LogP contribution in [-0.4, -0.2) is 51.3 Å². The monoisotopic (exact) mass is 297 g/mol. The first-order chi connectivity index (χ1) is 10.3. The van der Waals surface area contributed by atoms with E-state index in [4.69, 9.17) is 14.2 Å². The zero-order valence-electron chi connectivity index (χ0n) is 13.0. The number of rotatable bonds is 12. The quantitative estimate of drug-likeness (QED) is 0.580. The van der Waals surface area contributed by atoms with E-state index in [-0.39, 0.29) is 0 Å². The van der Waals surface area contributed by atoms with Gasteiger partial charge in [-0.05, 0) is 18.6 Å². The molecule has 0 amide bonds. The standard InChI is InChI=1S/C16H27NO4/c1-3-4-9-20-10-11-21-13-14(18)12-17-15-7-5-6-8-16(15)19-2/h5-8,14,17-18H,3-4,9-13H2,1-2H3. The van der Waals surface area contributed by atoms with Gasteiger partial charge >= 0.3 is 0 Å². The molecule has 0 spiro atoms. The number of hydrogen-bond acceptors (Lipinski definition) is 5. The van der Waals surface area contributed by atoms with Gasteiger partial charge in [-0.1, -0.05) is 25.5 Å². The summed E-state index contributed by atoms with van der Waals surface area (Å²) >= 11 is 0. The Morgan fingerprint density at radius 2 is 1.90 bits per heavy atom. The number of aliphatic hydroxyl groups is 1. The highest BCUT2D eigenvalue weighted by Gasteiger charge is 2.06. The largest absolute Gasteiger partial charge is 0.495 e. The summed E-state index contributed by atoms with van der Waals surface area (Å²) in [4.78, 5) is 0. The lowest BCUT2D eigenvalue weighted by molar-refractivity contribution is 0.00748. The molecule has 2 N–H and O–H groups in total. The van der Waals surface area contributed by atoms with Gasteiger partial charge in [0.15, 0.2) is 0 Å². The van der Waals surface area contributed by atoms with Crippen molar-refractivity contribution in [3.05, 3.63) is 24.3 Å². The SMILES string of the molecule is CCCCOCCOCC(O)CNc1ccccc1OC. The smallest absolute Gasteiger partial charge is 0.141 e. The van der Waals surface area contributed by atoms with Gasteiger partial charge in [0.2, 0.25) is 0 Å². The van der Waals surface area contributed by atoms with Crippen molar-refractivity contribution in [3.63, 3.8) is 0 Å². The van der Waals surface area contributed by atoms with Gasteiger partial charge in [-0.15, -0.1) is 0 Å². The number of methoxy groups -OCH3 is 1. The van der Waals surface area contributed by atoms with Gasteiger partial charge in [0.1, 0.15) is 5.75 Å². The van der Waals surface area contributed by atoms with Crippen LogP contribution in [0.1, 0.15) is 19.8 Å². The third kappa shape index (κ3) is 7.90. The van der Waals surface area contributed by atoms with E-state index in [0.29, 0.717) is 26.4 Å². The molecule has 0 aliphatic heterocycles. The van der Waals surface area contributed by atoms with Gasteiger partial charge in [0, 0.05) is 13.2 Å². The molecule has 1 unspecified atom stereocenters. The molecule has 0 heterocycles. The van der Waals surface area contributed by atoms with Crippen molar-refractivity contribution in [2.24, 2.45) is 0 Å². The summed E-state index contributed by atoms with van der Waals surface area (Å²) in [5, 5.41) is 13.0. The normalized spacial score (nSPS) is 12.1. The number of ether oxygens (including phenoxy) is 3. The fourth-order valence-electron chi connectivity index (χ4n) is 1.76. The zero-order valence-corrected chi connectivity index (χ0v) is 13.0. The second-order valence-electron chi connectivity index (χ2n) is 4.78. The van der Waals surface area contributed by atoms with E-state index in [1.54, 1.807) is 7.11 Å². The van der Waals surface area contributed by atoms with Crippen LogP contribution in [0.2, 0.25) is 0 Å². The minimum atomic E-state index is -0.564. The molecule has 0 bridgehead atoms. The van der Waals surface area contributed by atoms with Crippen LogP contribution in [0.5, 0.6) is 5.75 Å². The molecule has 0 saturated carbocycles. The fraction of sp³-hybridized carbons (Fsp3) is 0.625. The highest BCUT2D eigenvalue weighted by molar-refractivity contribution is 5.56. The first-order valence-electron chi connectivity index (χ1n) is 7.48. The van der Waals surface area contributed by atoms with Gasteiger partial charge in [-0.25, -0.2) is 0 Å². The molecular weight excluding hydrogens is 270 g/mol. The molecule has 5 nitrogen and oxygen atoms in total. The first kappa shape index (κ1) is 17.8. The molecule has 1 aromatic carbocycles. The predicted molar refractivity (Wildman–Crippen MR) is 84.0 cm³/mol. The highest BCUT2D eigenvalue weighted by atomic mass is 16.5. The van der Waals surface area contributed by atoms with E-state index in [2.05, 4.69) is 12.2 Å². The molecule has 1 rings (SSSR count). The van der Waals surface area contributed by atoms with Crippen molar-refractivity contribution in [1.29, 1.82) is 0 Å². The molecule has 0 aromatic heterocycles. The Hall–Kier alpha value is -1.30. The molecular formula is C16H27NO4. The number of para-hydroxylation sites is 2. The van der Waals surface area contributed by atoms with E-state index in [1.807, 2.05) is 24.3 Å². The Morgan fingerprint density at radius 1 is 1.14 bits per heavy atom. The minimum Gasteiger partial charge on any atom is -0.495 e. The molecule has 0 aliphatic rings. The van der Waals surface area contributed by atoms with Crippen LogP contribution in [0, 0.1) is 0 Å². The van der Waals surface area contributed by atoms with Crippen LogP contribution < -0.4 is 10.1 Å². The van der Waals surface area contributed by atoms with Crippen molar-refractivity contribution in [2.45, 2.75) is 25.9 Å². The van der Waals surface area contributed by atoms with Crippen molar-refractivity contribution in [1.82, 2.24) is 0 Å². The Bertz CT molecular complexity index is 373. The van der Waals surface area contributed by atoms with Gasteiger partial charge in [0.25, 0.3) is 0 Å². The summed E-state index contributed by atoms with van der Waals surface area (Å²) in [6, 6.07) is 7.61. The molecule has 0 aliphatic carbocycles. The average Bonchev–Trinajstić information content (AvgIpc) is 2.52. The maximum absolute atomic E-state index is 9.85. The second kappa shape index (κ2) is 11.4. The minimum absolute atomic E-state index is 0.291. The second-order valence-corrected chi connectivity index (χ2v) is 4.78. The number of anilines is 1. The Kier molecular flexibility index (Phi) is 9.61. The van der Waals surface area contributed by atoms with Crippen LogP contribution in [-0.2, 0) is 9.47 Å². The predicted octanol–water partition coefficient (Wildman–Crippen LogP) is 2.30. The number of hydrogen-bond donors (Lipinski definition) is 2. The van der Waals surface area contributed by atoms with Gasteiger partial charge in [-0.3, -0.25) is 0 Å². The molecule has 21 heavy (non-hydrogen) atoms. The highest BCUT2D eigenvalue weighted by Crippen LogP contribution is 2.22. The summed E-state index contributed by atoms with van der Waals surface area (Å²) in [6.07, 6.45) is 1.64. The summed E-state index contributed by atoms with van der Waals surface area (Å²) < 4.78 is 16.0. The van der Waals surface area contributed by atoms with Crippen LogP contribution in [0.3, 0.4) is 0 Å². The first-order valence-corrected chi connectivity index (χ1v) is 7.48. The number of unbranched alkanes of at least 4 members (excludes halogenated alkanes) is 1. The number of aliphatic hydroxyl groups excluding tert-OH is 1. The fourth-order valence-corrected chi connectivity index (χ4v) is 1.76. The lowest BCUT2D eigenvalue weighted by Crippen LogP contribution is -2.25. The maximum atomic E-state index is 9.85. The Balaban J connectivity index is 2.09. The van der Waals surface area contributed by atoms with E-state index in [9.17, 15) is 5.11 Å². The molecule has 1 atom stereocenters. The molecule has 120 valence electrons. The Morgan fingerprint density at radius 3 is 2.67 bits per heavy atom. The number of benzene rings is 1.